The highest BCUT2D eigenvalue weighted by Gasteiger charge is 2.25. The van der Waals surface area contributed by atoms with Crippen molar-refractivity contribution in [3.63, 3.8) is 0 Å². The maximum atomic E-state index is 10.7. The lowest BCUT2D eigenvalue weighted by Gasteiger charge is -1.98. The van der Waals surface area contributed by atoms with Crippen LogP contribution in [0.5, 0.6) is 0 Å². The predicted octanol–water partition coefficient (Wildman–Crippen LogP) is 0.917. The van der Waals surface area contributed by atoms with Gasteiger partial charge in [0.15, 0.2) is 6.02 Å². The van der Waals surface area contributed by atoms with E-state index >= 15 is 0 Å². The monoisotopic (exact) mass is 192 g/mol. The molecule has 1 heterocycles. The molecule has 14 heavy (non-hydrogen) atoms. The van der Waals surface area contributed by atoms with Crippen molar-refractivity contribution in [3.05, 3.63) is 35.9 Å². The summed E-state index contributed by atoms with van der Waals surface area (Å²) in [4.78, 5) is 14.5. The lowest BCUT2D eigenvalue weighted by molar-refractivity contribution is -0.138. The van der Waals surface area contributed by atoms with Crippen LogP contribution < -0.4 is 0 Å². The van der Waals surface area contributed by atoms with Gasteiger partial charge in [0.1, 0.15) is 6.61 Å². The molecule has 0 saturated carbocycles. The summed E-state index contributed by atoms with van der Waals surface area (Å²) in [5.74, 6) is -1.08. The van der Waals surface area contributed by atoms with Gasteiger partial charge < -0.3 is 9.84 Å². The van der Waals surface area contributed by atoms with Gasteiger partial charge >= 0.3 is 5.97 Å². The number of aliphatic imine (C=N–C) groups is 1. The molecule has 4 heteroatoms. The van der Waals surface area contributed by atoms with Crippen LogP contribution >= 0.6 is 0 Å². The van der Waals surface area contributed by atoms with Gasteiger partial charge in [0.25, 0.3) is 0 Å². The minimum absolute atomic E-state index is 0.216. The smallest absolute Gasteiger partial charge is 0.332 e. The topological polar surface area (TPSA) is 58.9 Å². The van der Waals surface area contributed by atoms with Crippen LogP contribution in [0.4, 0.5) is 0 Å². The number of ether oxygens (including phenoxy) is 1. The average molecular weight is 192 g/mol. The quantitative estimate of drug-likeness (QED) is 0.757. The Balaban J connectivity index is 2.32. The van der Waals surface area contributed by atoms with Crippen molar-refractivity contribution in [1.29, 1.82) is 0 Å². The molecule has 0 amide bonds. The van der Waals surface area contributed by atoms with Gasteiger partial charge in [0, 0.05) is 5.56 Å². The van der Waals surface area contributed by atoms with E-state index in [0.29, 0.717) is 5.56 Å². The predicted molar refractivity (Wildman–Crippen MR) is 50.4 cm³/mol. The molecule has 0 aliphatic carbocycles. The summed E-state index contributed by atoms with van der Waals surface area (Å²) in [6, 6.07) is 7.05. The van der Waals surface area contributed by atoms with Crippen LogP contribution in [-0.4, -0.2) is 29.6 Å². The van der Waals surface area contributed by atoms with Gasteiger partial charge in [-0.2, -0.15) is 0 Å². The van der Waals surface area contributed by atoms with Crippen molar-refractivity contribution >= 4 is 11.9 Å². The maximum Gasteiger partial charge on any atom is 0.332 e. The number of carboxylic acids is 1. The zero-order chi connectivity index (χ0) is 10.9. The molecule has 0 bridgehead atoms. The third kappa shape index (κ3) is 1.59. The molecule has 2 rings (SSSR count). The van der Waals surface area contributed by atoms with Crippen molar-refractivity contribution in [2.75, 3.05) is 6.61 Å². The van der Waals surface area contributed by atoms with Crippen LogP contribution in [0, 0.1) is 0 Å². The molecule has 0 aromatic heterocycles. The largest absolute Gasteiger partial charge is 0.480 e. The molecule has 1 unspecified atom stereocenters. The second-order valence-corrected chi connectivity index (χ2v) is 2.82. The Morgan fingerprint density at radius 2 is 2.29 bits per heavy atom. The van der Waals surface area contributed by atoms with Gasteiger partial charge in [-0.3, -0.25) is 0 Å². The second kappa shape index (κ2) is 3.49. The maximum absolute atomic E-state index is 10.7. The Kier molecular flexibility index (Phi) is 1.88. The van der Waals surface area contributed by atoms with Crippen LogP contribution in [0.15, 0.2) is 35.3 Å². The Morgan fingerprint density at radius 3 is 2.86 bits per heavy atom. The number of benzene rings is 1. The number of aliphatic carboxylic acids is 1. The molecule has 0 fully saturated rings. The van der Waals surface area contributed by atoms with Crippen molar-refractivity contribution in [1.82, 2.24) is 0 Å². The van der Waals surface area contributed by atoms with Gasteiger partial charge in [0.05, 0.1) is 1.37 Å². The first-order chi connectivity index (χ1) is 7.12. The number of carboxylic acid groups (broad SMARTS) is 1. The second-order valence-electron chi connectivity index (χ2n) is 2.82. The van der Waals surface area contributed by atoms with Crippen molar-refractivity contribution < 1.29 is 16.0 Å². The summed E-state index contributed by atoms with van der Waals surface area (Å²) in [6.45, 7) is -0.243. The standard InChI is InChI=1S/C10H9NO3/c12-10(13)8-6-14-9(11-8)7-4-2-1-3-5-7/h1-5,8H,6H2,(H,12,13)/i8D. The minimum atomic E-state index is -1.90. The molecule has 1 atom stereocenters. The van der Waals surface area contributed by atoms with Gasteiger partial charge in [-0.15, -0.1) is 0 Å². The number of hydrogen-bond acceptors (Lipinski definition) is 3. The van der Waals surface area contributed by atoms with E-state index in [0.717, 1.165) is 0 Å². The summed E-state index contributed by atoms with van der Waals surface area (Å²) >= 11 is 0. The molecular weight excluding hydrogens is 182 g/mol. The molecule has 1 aromatic rings. The van der Waals surface area contributed by atoms with Crippen LogP contribution in [0.1, 0.15) is 6.93 Å². The first-order valence-electron chi connectivity index (χ1n) is 4.63. The Bertz CT molecular complexity index is 418. The van der Waals surface area contributed by atoms with Crippen LogP contribution in [0.25, 0.3) is 0 Å². The molecule has 1 aliphatic heterocycles. The Labute approximate surface area is 82.3 Å². The van der Waals surface area contributed by atoms with Crippen molar-refractivity contribution in [2.45, 2.75) is 6.02 Å². The number of carbonyl (C=O) groups is 1. The SMILES string of the molecule is [2H]C1(C(=O)O)COC(c2ccccc2)=N1. The third-order valence-corrected chi connectivity index (χ3v) is 1.85. The van der Waals surface area contributed by atoms with Gasteiger partial charge in [0.2, 0.25) is 5.90 Å². The summed E-state index contributed by atoms with van der Waals surface area (Å²) in [7, 11) is 0. The van der Waals surface area contributed by atoms with E-state index in [1.54, 1.807) is 24.3 Å². The molecule has 1 N–H and O–H groups in total. The summed E-state index contributed by atoms with van der Waals surface area (Å²) in [6.07, 6.45) is 0. The van der Waals surface area contributed by atoms with Crippen LogP contribution in [0.2, 0.25) is 0 Å². The third-order valence-electron chi connectivity index (χ3n) is 1.85. The molecule has 0 spiro atoms. The first-order valence-corrected chi connectivity index (χ1v) is 4.13. The fourth-order valence-corrected chi connectivity index (χ4v) is 1.16. The van der Waals surface area contributed by atoms with Crippen molar-refractivity contribution in [3.8, 4) is 0 Å². The number of rotatable bonds is 2. The summed E-state index contributed by atoms with van der Waals surface area (Å²) in [5, 5.41) is 8.76. The lowest BCUT2D eigenvalue weighted by Crippen LogP contribution is -2.18. The van der Waals surface area contributed by atoms with Gasteiger partial charge in [-0.05, 0) is 12.1 Å². The Hall–Kier alpha value is -1.84. The molecular formula is C10H9NO3. The first kappa shape index (κ1) is 7.55. The van der Waals surface area contributed by atoms with E-state index in [-0.39, 0.29) is 12.5 Å². The van der Waals surface area contributed by atoms with E-state index in [4.69, 9.17) is 11.2 Å². The zero-order valence-electron chi connectivity index (χ0n) is 8.30. The zero-order valence-corrected chi connectivity index (χ0v) is 7.30. The van der Waals surface area contributed by atoms with Gasteiger partial charge in [-0.1, -0.05) is 18.2 Å². The fourth-order valence-electron chi connectivity index (χ4n) is 1.16. The number of nitrogens with zero attached hydrogens (tertiary/aromatic N) is 1. The minimum Gasteiger partial charge on any atom is -0.480 e. The average Bonchev–Trinajstić information content (AvgIpc) is 2.64. The van der Waals surface area contributed by atoms with Crippen LogP contribution in [-0.2, 0) is 9.53 Å². The normalized spacial score (nSPS) is 26.3. The molecule has 1 aliphatic rings. The van der Waals surface area contributed by atoms with Gasteiger partial charge in [-0.25, -0.2) is 9.79 Å². The van der Waals surface area contributed by atoms with E-state index in [1.807, 2.05) is 6.07 Å². The number of hydrogen-bond donors (Lipinski definition) is 1. The van der Waals surface area contributed by atoms with Crippen molar-refractivity contribution in [2.24, 2.45) is 4.99 Å². The highest BCUT2D eigenvalue weighted by atomic mass is 16.5. The highest BCUT2D eigenvalue weighted by Crippen LogP contribution is 2.11. The molecule has 1 aromatic carbocycles. The summed E-state index contributed by atoms with van der Waals surface area (Å²) < 4.78 is 12.6. The van der Waals surface area contributed by atoms with Crippen LogP contribution in [0.3, 0.4) is 0 Å². The molecule has 0 radical (unpaired) electrons. The fraction of sp³-hybridized carbons (Fsp3) is 0.200. The van der Waals surface area contributed by atoms with E-state index < -0.39 is 12.0 Å². The van der Waals surface area contributed by atoms with E-state index in [2.05, 4.69) is 4.99 Å². The van der Waals surface area contributed by atoms with E-state index in [1.165, 1.54) is 0 Å². The summed E-state index contributed by atoms with van der Waals surface area (Å²) in [5.41, 5.74) is 0.688. The molecule has 72 valence electrons. The van der Waals surface area contributed by atoms with E-state index in [9.17, 15) is 4.79 Å². The Morgan fingerprint density at radius 1 is 1.57 bits per heavy atom. The highest BCUT2D eigenvalue weighted by molar-refractivity contribution is 5.97. The molecule has 4 nitrogen and oxygen atoms in total. The molecule has 0 saturated heterocycles. The lowest BCUT2D eigenvalue weighted by atomic mass is 10.2.